The van der Waals surface area contributed by atoms with E-state index in [1.807, 2.05) is 62.4 Å². The molecule has 1 atom stereocenters. The number of hydrogen-bond donors (Lipinski definition) is 1. The van der Waals surface area contributed by atoms with Crippen LogP contribution in [0, 0.1) is 19.8 Å². The molecule has 1 fully saturated rings. The van der Waals surface area contributed by atoms with Crippen LogP contribution in [0.4, 0.5) is 5.69 Å². The van der Waals surface area contributed by atoms with Crippen LogP contribution < -0.4 is 5.32 Å². The Labute approximate surface area is 164 Å². The largest absolute Gasteiger partial charge is 0.455 e. The Hall–Kier alpha value is -3.15. The molecule has 0 bridgehead atoms. The number of benzene rings is 2. The molecule has 0 aromatic heterocycles. The number of carbonyl (C=O) groups excluding carboxylic acids is 3. The van der Waals surface area contributed by atoms with Gasteiger partial charge in [-0.15, -0.1) is 0 Å². The zero-order chi connectivity index (χ0) is 20.1. The van der Waals surface area contributed by atoms with Crippen molar-refractivity contribution >= 4 is 23.5 Å². The number of nitrogens with zero attached hydrogens (tertiary/aromatic N) is 1. The van der Waals surface area contributed by atoms with Crippen molar-refractivity contribution in [3.63, 3.8) is 0 Å². The van der Waals surface area contributed by atoms with Gasteiger partial charge in [0.25, 0.3) is 5.91 Å². The fourth-order valence-corrected chi connectivity index (χ4v) is 3.39. The Bertz CT molecular complexity index is 859. The molecule has 6 heteroatoms. The van der Waals surface area contributed by atoms with Crippen molar-refractivity contribution in [2.75, 3.05) is 18.5 Å². The summed E-state index contributed by atoms with van der Waals surface area (Å²) in [4.78, 5) is 38.2. The molecule has 0 saturated carbocycles. The number of hydrogen-bond acceptors (Lipinski definition) is 4. The summed E-state index contributed by atoms with van der Waals surface area (Å²) in [6.45, 7) is 4.30. The van der Waals surface area contributed by atoms with E-state index in [1.165, 1.54) is 0 Å². The van der Waals surface area contributed by atoms with Gasteiger partial charge in [-0.05, 0) is 42.7 Å². The first-order valence-corrected chi connectivity index (χ1v) is 9.27. The van der Waals surface area contributed by atoms with Gasteiger partial charge in [0.1, 0.15) is 0 Å². The highest BCUT2D eigenvalue weighted by molar-refractivity contribution is 5.93. The lowest BCUT2D eigenvalue weighted by atomic mass is 10.1. The van der Waals surface area contributed by atoms with Crippen LogP contribution in [0.1, 0.15) is 23.1 Å². The van der Waals surface area contributed by atoms with E-state index in [-0.39, 0.29) is 18.9 Å². The van der Waals surface area contributed by atoms with E-state index in [0.717, 1.165) is 16.7 Å². The van der Waals surface area contributed by atoms with Gasteiger partial charge in [-0.2, -0.15) is 0 Å². The van der Waals surface area contributed by atoms with Crippen LogP contribution in [0.3, 0.4) is 0 Å². The van der Waals surface area contributed by atoms with E-state index in [9.17, 15) is 14.4 Å². The Morgan fingerprint density at radius 2 is 1.79 bits per heavy atom. The van der Waals surface area contributed by atoms with Crippen LogP contribution in [-0.4, -0.2) is 35.8 Å². The van der Waals surface area contributed by atoms with Crippen molar-refractivity contribution in [3.05, 3.63) is 65.2 Å². The quantitative estimate of drug-likeness (QED) is 0.782. The molecule has 2 amide bonds. The normalized spacial score (nSPS) is 16.1. The molecule has 1 aliphatic heterocycles. The number of carbonyl (C=O) groups is 3. The summed E-state index contributed by atoms with van der Waals surface area (Å²) in [6.07, 6.45) is 0.115. The standard InChI is InChI=1S/C22H24N2O4/c1-15-8-16(2)10-19(9-15)23-20(25)14-28-22(27)18-11-21(26)24(13-18)12-17-6-4-3-5-7-17/h3-10,18H,11-14H2,1-2H3,(H,23,25)/t18-/m1/s1. The fourth-order valence-electron chi connectivity index (χ4n) is 3.39. The maximum Gasteiger partial charge on any atom is 0.311 e. The number of nitrogens with one attached hydrogen (secondary N) is 1. The van der Waals surface area contributed by atoms with Gasteiger partial charge in [0.15, 0.2) is 6.61 Å². The number of anilines is 1. The van der Waals surface area contributed by atoms with Gasteiger partial charge >= 0.3 is 5.97 Å². The molecule has 0 unspecified atom stereocenters. The number of likely N-dealkylation sites (tertiary alicyclic amines) is 1. The SMILES string of the molecule is Cc1cc(C)cc(NC(=O)COC(=O)[C@@H]2CC(=O)N(Cc3ccccc3)C2)c1. The van der Waals surface area contributed by atoms with Gasteiger partial charge < -0.3 is 15.0 Å². The minimum Gasteiger partial charge on any atom is -0.455 e. The van der Waals surface area contributed by atoms with E-state index < -0.39 is 17.8 Å². The Morgan fingerprint density at radius 1 is 1.11 bits per heavy atom. The van der Waals surface area contributed by atoms with E-state index >= 15 is 0 Å². The van der Waals surface area contributed by atoms with Gasteiger partial charge in [-0.1, -0.05) is 36.4 Å². The number of ether oxygens (including phenoxy) is 1. The molecule has 0 spiro atoms. The monoisotopic (exact) mass is 380 g/mol. The van der Waals surface area contributed by atoms with Crippen molar-refractivity contribution in [1.29, 1.82) is 0 Å². The number of esters is 1. The third-order valence-corrected chi connectivity index (χ3v) is 4.62. The third kappa shape index (κ3) is 5.19. The Morgan fingerprint density at radius 3 is 2.46 bits per heavy atom. The average Bonchev–Trinajstić information content (AvgIpc) is 3.00. The lowest BCUT2D eigenvalue weighted by molar-refractivity contribution is -0.151. The average molecular weight is 380 g/mol. The Balaban J connectivity index is 1.48. The maximum absolute atomic E-state index is 12.3. The third-order valence-electron chi connectivity index (χ3n) is 4.62. The molecule has 2 aromatic rings. The molecular formula is C22H24N2O4. The molecule has 1 saturated heterocycles. The summed E-state index contributed by atoms with van der Waals surface area (Å²) in [5, 5.41) is 2.73. The molecule has 3 rings (SSSR count). The van der Waals surface area contributed by atoms with Crippen LogP contribution in [0.15, 0.2) is 48.5 Å². The van der Waals surface area contributed by atoms with Gasteiger partial charge in [-0.3, -0.25) is 14.4 Å². The lowest BCUT2D eigenvalue weighted by Gasteiger charge is -2.16. The lowest BCUT2D eigenvalue weighted by Crippen LogP contribution is -2.28. The topological polar surface area (TPSA) is 75.7 Å². The van der Waals surface area contributed by atoms with Crippen molar-refractivity contribution in [2.24, 2.45) is 5.92 Å². The first-order chi connectivity index (χ1) is 13.4. The molecule has 0 radical (unpaired) electrons. The zero-order valence-corrected chi connectivity index (χ0v) is 16.1. The van der Waals surface area contributed by atoms with Gasteiger partial charge in [0.05, 0.1) is 5.92 Å². The van der Waals surface area contributed by atoms with Crippen molar-refractivity contribution in [1.82, 2.24) is 4.90 Å². The molecule has 1 heterocycles. The number of aryl methyl sites for hydroxylation is 2. The van der Waals surface area contributed by atoms with Crippen LogP contribution in [0.25, 0.3) is 0 Å². The molecule has 0 aliphatic carbocycles. The molecule has 28 heavy (non-hydrogen) atoms. The summed E-state index contributed by atoms with van der Waals surface area (Å²) in [5.74, 6) is -1.53. The highest BCUT2D eigenvalue weighted by Gasteiger charge is 2.35. The number of amides is 2. The predicted molar refractivity (Wildman–Crippen MR) is 105 cm³/mol. The molecule has 2 aromatic carbocycles. The fraction of sp³-hybridized carbons (Fsp3) is 0.318. The first kappa shape index (κ1) is 19.6. The first-order valence-electron chi connectivity index (χ1n) is 9.27. The smallest absolute Gasteiger partial charge is 0.311 e. The molecule has 6 nitrogen and oxygen atoms in total. The van der Waals surface area contributed by atoms with Gasteiger partial charge in [0.2, 0.25) is 5.91 Å². The summed E-state index contributed by atoms with van der Waals surface area (Å²) < 4.78 is 5.14. The van der Waals surface area contributed by atoms with Crippen LogP contribution in [-0.2, 0) is 25.7 Å². The summed E-state index contributed by atoms with van der Waals surface area (Å²) >= 11 is 0. The molecule has 146 valence electrons. The van der Waals surface area contributed by atoms with Crippen LogP contribution >= 0.6 is 0 Å². The molecular weight excluding hydrogens is 356 g/mol. The predicted octanol–water partition coefficient (Wildman–Crippen LogP) is 2.83. The van der Waals surface area contributed by atoms with Crippen LogP contribution in [0.2, 0.25) is 0 Å². The second-order valence-electron chi connectivity index (χ2n) is 7.19. The van der Waals surface area contributed by atoms with Gasteiger partial charge in [-0.25, -0.2) is 0 Å². The van der Waals surface area contributed by atoms with Crippen molar-refractivity contribution in [3.8, 4) is 0 Å². The van der Waals surface area contributed by atoms with Gasteiger partial charge in [0, 0.05) is 25.2 Å². The Kier molecular flexibility index (Phi) is 6.09. The number of rotatable bonds is 6. The van der Waals surface area contributed by atoms with E-state index in [0.29, 0.717) is 18.8 Å². The maximum atomic E-state index is 12.3. The zero-order valence-electron chi connectivity index (χ0n) is 16.1. The molecule has 1 N–H and O–H groups in total. The molecule has 1 aliphatic rings. The van der Waals surface area contributed by atoms with Crippen molar-refractivity contribution < 1.29 is 19.1 Å². The van der Waals surface area contributed by atoms with E-state index in [4.69, 9.17) is 4.74 Å². The highest BCUT2D eigenvalue weighted by atomic mass is 16.5. The van der Waals surface area contributed by atoms with Crippen molar-refractivity contribution in [2.45, 2.75) is 26.8 Å². The highest BCUT2D eigenvalue weighted by Crippen LogP contribution is 2.21. The minimum atomic E-state index is -0.537. The van der Waals surface area contributed by atoms with Crippen LogP contribution in [0.5, 0.6) is 0 Å². The second kappa shape index (κ2) is 8.69. The summed E-state index contributed by atoms with van der Waals surface area (Å²) in [6, 6.07) is 15.3. The minimum absolute atomic E-state index is 0.0782. The summed E-state index contributed by atoms with van der Waals surface area (Å²) in [5.41, 5.74) is 3.76. The second-order valence-corrected chi connectivity index (χ2v) is 7.19. The van der Waals surface area contributed by atoms with E-state index in [2.05, 4.69) is 5.32 Å². The van der Waals surface area contributed by atoms with E-state index in [1.54, 1.807) is 4.90 Å². The summed E-state index contributed by atoms with van der Waals surface area (Å²) in [7, 11) is 0.